The average molecular weight is 684 g/mol. The van der Waals surface area contributed by atoms with Gasteiger partial charge in [0.05, 0.1) is 17.7 Å². The number of amides is 3. The van der Waals surface area contributed by atoms with E-state index in [4.69, 9.17) is 0 Å². The van der Waals surface area contributed by atoms with Gasteiger partial charge in [-0.15, -0.1) is 0 Å². The van der Waals surface area contributed by atoms with Gasteiger partial charge in [-0.05, 0) is 84.5 Å². The van der Waals surface area contributed by atoms with Gasteiger partial charge in [0, 0.05) is 42.8 Å². The first-order valence-electron chi connectivity index (χ1n) is 18.1. The van der Waals surface area contributed by atoms with Crippen LogP contribution in [0.25, 0.3) is 11.1 Å². The molecule has 8 nitrogen and oxygen atoms in total. The number of carbonyl (C=O) groups is 3. The monoisotopic (exact) mass is 683 g/mol. The molecular formula is C43H49N5O3. The topological polar surface area (TPSA) is 114 Å². The molecule has 8 heteroatoms. The molecule has 0 aromatic heterocycles. The molecule has 0 bridgehead atoms. The summed E-state index contributed by atoms with van der Waals surface area (Å²) >= 11 is 0. The number of hydrogen-bond donors (Lipinski definition) is 3. The summed E-state index contributed by atoms with van der Waals surface area (Å²) in [6, 6.07) is 34.2. The Bertz CT molecular complexity index is 1820. The van der Waals surface area contributed by atoms with Gasteiger partial charge in [-0.3, -0.25) is 14.4 Å². The van der Waals surface area contributed by atoms with Crippen LogP contribution < -0.4 is 16.0 Å². The molecule has 1 unspecified atom stereocenters. The average Bonchev–Trinajstić information content (AvgIpc) is 3.62. The number of nitrogens with one attached hydrogen (secondary N) is 3. The normalized spacial score (nSPS) is 15.2. The van der Waals surface area contributed by atoms with E-state index in [9.17, 15) is 19.6 Å². The van der Waals surface area contributed by atoms with Crippen LogP contribution in [-0.4, -0.2) is 60.4 Å². The van der Waals surface area contributed by atoms with E-state index in [1.54, 1.807) is 30.3 Å². The van der Waals surface area contributed by atoms with Crippen LogP contribution in [0.2, 0.25) is 0 Å². The third kappa shape index (κ3) is 10.1. The first kappa shape index (κ1) is 37.0. The van der Waals surface area contributed by atoms with Gasteiger partial charge in [0.15, 0.2) is 0 Å². The lowest BCUT2D eigenvalue weighted by atomic mass is 9.95. The quantitative estimate of drug-likeness (QED) is 0.132. The maximum Gasteiger partial charge on any atom is 0.254 e. The molecule has 1 heterocycles. The summed E-state index contributed by atoms with van der Waals surface area (Å²) in [5.41, 5.74) is 4.73. The number of hydrogen-bond acceptors (Lipinski definition) is 5. The van der Waals surface area contributed by atoms with Gasteiger partial charge < -0.3 is 20.9 Å². The van der Waals surface area contributed by atoms with Gasteiger partial charge >= 0.3 is 0 Å². The van der Waals surface area contributed by atoms with Crippen molar-refractivity contribution in [2.75, 3.05) is 19.6 Å². The standard InChI is InChI=1S/C43H49N5O3/c1-4-40(42(50)46-28-30(2)3)45-29-37(22-31-14-7-5-8-15-31)47-41(49)35-24-34(39-20-12-11-18-33(39)27-44)25-36(26-35)43(51)48-21-13-19-38(48)23-32-16-9-6-10-17-32/h5-12,14-18,20,24-26,30,37-38,40,45H,4,13,19,21-23,28-29H2,1-3H3,(H,46,50)(H,47,49)/t37-,38?,40-/m0/s1. The third-order valence-electron chi connectivity index (χ3n) is 9.43. The Morgan fingerprint density at radius 2 is 1.53 bits per heavy atom. The van der Waals surface area contributed by atoms with Crippen molar-refractivity contribution in [1.29, 1.82) is 5.26 Å². The predicted octanol–water partition coefficient (Wildman–Crippen LogP) is 6.55. The summed E-state index contributed by atoms with van der Waals surface area (Å²) in [7, 11) is 0. The van der Waals surface area contributed by atoms with Gasteiger partial charge in [-0.1, -0.05) is 99.6 Å². The maximum atomic E-state index is 14.3. The second-order valence-electron chi connectivity index (χ2n) is 13.8. The Morgan fingerprint density at radius 1 is 0.863 bits per heavy atom. The molecule has 1 aliphatic heterocycles. The van der Waals surface area contributed by atoms with E-state index >= 15 is 0 Å². The van der Waals surface area contributed by atoms with Crippen LogP contribution in [-0.2, 0) is 17.6 Å². The van der Waals surface area contributed by atoms with Crippen molar-refractivity contribution in [3.8, 4) is 17.2 Å². The molecule has 4 aromatic carbocycles. The minimum Gasteiger partial charge on any atom is -0.354 e. The van der Waals surface area contributed by atoms with Crippen molar-refractivity contribution in [1.82, 2.24) is 20.9 Å². The molecule has 3 N–H and O–H groups in total. The lowest BCUT2D eigenvalue weighted by Gasteiger charge is -2.26. The van der Waals surface area contributed by atoms with Crippen molar-refractivity contribution in [2.24, 2.45) is 5.92 Å². The first-order chi connectivity index (χ1) is 24.7. The highest BCUT2D eigenvalue weighted by molar-refractivity contribution is 6.02. The van der Waals surface area contributed by atoms with Crippen molar-refractivity contribution in [3.05, 3.63) is 131 Å². The molecule has 0 saturated carbocycles. The van der Waals surface area contributed by atoms with Crippen LogP contribution in [0.4, 0.5) is 0 Å². The van der Waals surface area contributed by atoms with Crippen LogP contribution in [0.15, 0.2) is 103 Å². The van der Waals surface area contributed by atoms with E-state index in [-0.39, 0.29) is 29.8 Å². The maximum absolute atomic E-state index is 14.3. The summed E-state index contributed by atoms with van der Waals surface area (Å²) in [4.78, 5) is 43.3. The largest absolute Gasteiger partial charge is 0.354 e. The van der Waals surface area contributed by atoms with Gasteiger partial charge in [-0.25, -0.2) is 0 Å². The van der Waals surface area contributed by atoms with Crippen molar-refractivity contribution in [2.45, 2.75) is 71.0 Å². The second-order valence-corrected chi connectivity index (χ2v) is 13.8. The van der Waals surface area contributed by atoms with Gasteiger partial charge in [0.25, 0.3) is 11.8 Å². The van der Waals surface area contributed by atoms with E-state index in [1.807, 2.05) is 72.5 Å². The van der Waals surface area contributed by atoms with Crippen molar-refractivity contribution < 1.29 is 14.4 Å². The Kier molecular flexibility index (Phi) is 13.1. The zero-order valence-electron chi connectivity index (χ0n) is 29.9. The van der Waals surface area contributed by atoms with Crippen LogP contribution in [0.1, 0.15) is 77.4 Å². The molecular weight excluding hydrogens is 635 g/mol. The number of likely N-dealkylation sites (tertiary alicyclic amines) is 1. The molecule has 0 aliphatic carbocycles. The number of rotatable bonds is 15. The Hall–Kier alpha value is -5.26. The van der Waals surface area contributed by atoms with Crippen LogP contribution in [0.5, 0.6) is 0 Å². The summed E-state index contributed by atoms with van der Waals surface area (Å²) in [6.45, 7) is 7.68. The zero-order valence-corrected chi connectivity index (χ0v) is 29.9. The predicted molar refractivity (Wildman–Crippen MR) is 202 cm³/mol. The smallest absolute Gasteiger partial charge is 0.254 e. The minimum absolute atomic E-state index is 0.0535. The van der Waals surface area contributed by atoms with Gasteiger partial charge in [0.1, 0.15) is 0 Å². The fourth-order valence-corrected chi connectivity index (χ4v) is 6.71. The highest BCUT2D eigenvalue weighted by atomic mass is 16.2. The van der Waals surface area contributed by atoms with Gasteiger partial charge in [-0.2, -0.15) is 5.26 Å². The van der Waals surface area contributed by atoms with Crippen molar-refractivity contribution >= 4 is 17.7 Å². The Labute approximate surface area is 302 Å². The zero-order chi connectivity index (χ0) is 36.2. The molecule has 1 fully saturated rings. The van der Waals surface area contributed by atoms with E-state index < -0.39 is 6.04 Å². The highest BCUT2D eigenvalue weighted by Gasteiger charge is 2.30. The summed E-state index contributed by atoms with van der Waals surface area (Å²) in [5.74, 6) is -0.179. The molecule has 0 spiro atoms. The lowest BCUT2D eigenvalue weighted by Crippen LogP contribution is -2.50. The first-order valence-corrected chi connectivity index (χ1v) is 18.1. The van der Waals surface area contributed by atoms with Crippen LogP contribution >= 0.6 is 0 Å². The van der Waals surface area contributed by atoms with E-state index in [1.165, 1.54) is 5.56 Å². The summed E-state index contributed by atoms with van der Waals surface area (Å²) < 4.78 is 0. The van der Waals surface area contributed by atoms with Crippen molar-refractivity contribution in [3.63, 3.8) is 0 Å². The fourth-order valence-electron chi connectivity index (χ4n) is 6.71. The second kappa shape index (κ2) is 18.1. The number of nitriles is 1. The van der Waals surface area contributed by atoms with E-state index in [0.29, 0.717) is 66.2 Å². The molecule has 3 amide bonds. The molecule has 4 aromatic rings. The minimum atomic E-state index is -0.404. The van der Waals surface area contributed by atoms with E-state index in [2.05, 4.69) is 48.0 Å². The molecule has 0 radical (unpaired) electrons. The Balaban J connectivity index is 1.44. The molecule has 1 saturated heterocycles. The Morgan fingerprint density at radius 3 is 2.22 bits per heavy atom. The summed E-state index contributed by atoms with van der Waals surface area (Å²) in [6.07, 6.45) is 3.73. The van der Waals surface area contributed by atoms with Crippen LogP contribution in [0.3, 0.4) is 0 Å². The SMILES string of the molecule is CC[C@H](NC[C@H](Cc1ccccc1)NC(=O)c1cc(C(=O)N2CCCC2Cc2ccccc2)cc(-c2ccccc2C#N)c1)C(=O)NCC(C)C. The molecule has 3 atom stereocenters. The molecule has 1 aliphatic rings. The third-order valence-corrected chi connectivity index (χ3v) is 9.43. The van der Waals surface area contributed by atoms with Gasteiger partial charge in [0.2, 0.25) is 5.91 Å². The van der Waals surface area contributed by atoms with Crippen LogP contribution in [0, 0.1) is 17.2 Å². The highest BCUT2D eigenvalue weighted by Crippen LogP contribution is 2.29. The fraction of sp³-hybridized carbons (Fsp3) is 0.349. The van der Waals surface area contributed by atoms with E-state index in [0.717, 1.165) is 24.8 Å². The molecule has 51 heavy (non-hydrogen) atoms. The molecule has 5 rings (SSSR count). The molecule has 264 valence electrons. The summed E-state index contributed by atoms with van der Waals surface area (Å²) in [5, 5.41) is 19.5. The number of nitrogens with zero attached hydrogens (tertiary/aromatic N) is 2. The number of carbonyl (C=O) groups excluding carboxylic acids is 3. The number of benzene rings is 4. The lowest BCUT2D eigenvalue weighted by molar-refractivity contribution is -0.123.